The smallest absolute Gasteiger partial charge is 0.265 e. The summed E-state index contributed by atoms with van der Waals surface area (Å²) in [4.78, 5) is 14.8. The molecule has 4 heteroatoms. The van der Waals surface area contributed by atoms with Crippen LogP contribution >= 0.6 is 11.3 Å². The molecule has 0 saturated carbocycles. The molecule has 0 spiro atoms. The molecule has 0 saturated heterocycles. The number of carbonyl (C=O) groups excluding carboxylic acids is 1. The van der Waals surface area contributed by atoms with Crippen LogP contribution in [0, 0.1) is 0 Å². The van der Waals surface area contributed by atoms with Gasteiger partial charge in [0.2, 0.25) is 0 Å². The van der Waals surface area contributed by atoms with Gasteiger partial charge in [0.05, 0.1) is 10.6 Å². The molecule has 2 aromatic rings. The van der Waals surface area contributed by atoms with Crippen LogP contribution in [0.2, 0.25) is 0 Å². The van der Waals surface area contributed by atoms with Crippen molar-refractivity contribution in [3.63, 3.8) is 0 Å². The molecule has 1 amide bonds. The predicted molar refractivity (Wildman–Crippen MR) is 52.6 cm³/mol. The van der Waals surface area contributed by atoms with Crippen molar-refractivity contribution in [1.82, 2.24) is 4.98 Å². The number of primary amides is 1. The van der Waals surface area contributed by atoms with E-state index in [2.05, 4.69) is 4.98 Å². The summed E-state index contributed by atoms with van der Waals surface area (Å²) in [6.45, 7) is 0. The first kappa shape index (κ1) is 8.07. The predicted octanol–water partition coefficient (Wildman–Crippen LogP) is 1.84. The molecule has 0 atom stereocenters. The molecule has 3 nitrogen and oxygen atoms in total. The molecule has 0 unspecified atom stereocenters. The van der Waals surface area contributed by atoms with Crippen LogP contribution in [0.3, 0.4) is 0 Å². The van der Waals surface area contributed by atoms with Crippen molar-refractivity contribution in [3.05, 3.63) is 35.3 Å². The summed E-state index contributed by atoms with van der Waals surface area (Å²) in [5, 5.41) is 1.99. The van der Waals surface area contributed by atoms with Crippen LogP contribution in [-0.4, -0.2) is 10.9 Å². The van der Waals surface area contributed by atoms with E-state index in [-0.39, 0.29) is 0 Å². The number of thiophene rings is 1. The van der Waals surface area contributed by atoms with E-state index in [0.29, 0.717) is 5.69 Å². The van der Waals surface area contributed by atoms with Gasteiger partial charge in [0, 0.05) is 0 Å². The topological polar surface area (TPSA) is 58.9 Å². The maximum absolute atomic E-state index is 10.8. The molecule has 2 heterocycles. The lowest BCUT2D eigenvalue weighted by Crippen LogP contribution is -2.10. The number of hydrogen-bond acceptors (Lipinski definition) is 2. The van der Waals surface area contributed by atoms with Crippen molar-refractivity contribution in [2.45, 2.75) is 0 Å². The summed E-state index contributed by atoms with van der Waals surface area (Å²) in [7, 11) is 0. The van der Waals surface area contributed by atoms with Crippen molar-refractivity contribution in [3.8, 4) is 10.6 Å². The zero-order valence-electron chi connectivity index (χ0n) is 6.78. The highest BCUT2D eigenvalue weighted by atomic mass is 32.1. The van der Waals surface area contributed by atoms with E-state index in [4.69, 9.17) is 5.73 Å². The number of aromatic amines is 1. The van der Waals surface area contributed by atoms with E-state index in [0.717, 1.165) is 10.6 Å². The van der Waals surface area contributed by atoms with Gasteiger partial charge in [-0.15, -0.1) is 11.3 Å². The fraction of sp³-hybridized carbons (Fsp3) is 0. The summed E-state index contributed by atoms with van der Waals surface area (Å²) in [5.74, 6) is -0.428. The summed E-state index contributed by atoms with van der Waals surface area (Å²) in [5.41, 5.74) is 6.50. The fourth-order valence-corrected chi connectivity index (χ4v) is 1.82. The molecule has 0 bridgehead atoms. The molecule has 0 aliphatic rings. The van der Waals surface area contributed by atoms with E-state index >= 15 is 0 Å². The minimum absolute atomic E-state index is 0.428. The highest BCUT2D eigenvalue weighted by Gasteiger charge is 2.05. The first-order valence-electron chi connectivity index (χ1n) is 3.80. The fourth-order valence-electron chi connectivity index (χ4n) is 1.11. The Kier molecular flexibility index (Phi) is 1.90. The van der Waals surface area contributed by atoms with Crippen molar-refractivity contribution < 1.29 is 4.79 Å². The molecule has 0 aliphatic carbocycles. The number of hydrogen-bond donors (Lipinski definition) is 2. The van der Waals surface area contributed by atoms with Crippen LogP contribution < -0.4 is 5.73 Å². The number of nitrogens with one attached hydrogen (secondary N) is 1. The number of amides is 1. The Labute approximate surface area is 79.2 Å². The van der Waals surface area contributed by atoms with Crippen molar-refractivity contribution in [1.29, 1.82) is 0 Å². The largest absolute Gasteiger partial charge is 0.364 e. The zero-order chi connectivity index (χ0) is 9.26. The van der Waals surface area contributed by atoms with Crippen LogP contribution in [0.5, 0.6) is 0 Å². The van der Waals surface area contributed by atoms with Gasteiger partial charge in [0.25, 0.3) is 5.91 Å². The van der Waals surface area contributed by atoms with Crippen molar-refractivity contribution in [2.75, 3.05) is 0 Å². The summed E-state index contributed by atoms with van der Waals surface area (Å²) in [6.07, 6.45) is 0. The molecule has 0 fully saturated rings. The lowest BCUT2D eigenvalue weighted by molar-refractivity contribution is 0.0996. The Bertz CT molecular complexity index is 417. The highest BCUT2D eigenvalue weighted by Crippen LogP contribution is 2.23. The van der Waals surface area contributed by atoms with Crippen molar-refractivity contribution in [2.24, 2.45) is 5.73 Å². The Morgan fingerprint density at radius 2 is 2.23 bits per heavy atom. The Morgan fingerprint density at radius 1 is 1.38 bits per heavy atom. The van der Waals surface area contributed by atoms with E-state index < -0.39 is 5.91 Å². The van der Waals surface area contributed by atoms with Crippen molar-refractivity contribution >= 4 is 17.2 Å². The van der Waals surface area contributed by atoms with Gasteiger partial charge in [-0.3, -0.25) is 4.79 Å². The third kappa shape index (κ3) is 1.48. The number of nitrogens with two attached hydrogens (primary N) is 1. The van der Waals surface area contributed by atoms with Crippen LogP contribution in [0.25, 0.3) is 10.6 Å². The Hall–Kier alpha value is -1.55. The number of carbonyl (C=O) groups is 1. The lowest BCUT2D eigenvalue weighted by atomic mass is 10.3. The molecule has 0 radical (unpaired) electrons. The second-order valence-corrected chi connectivity index (χ2v) is 3.57. The molecule has 3 N–H and O–H groups in total. The number of aromatic nitrogens is 1. The van der Waals surface area contributed by atoms with E-state index in [1.54, 1.807) is 17.4 Å². The summed E-state index contributed by atoms with van der Waals surface area (Å²) >= 11 is 1.62. The quantitative estimate of drug-likeness (QED) is 0.749. The zero-order valence-corrected chi connectivity index (χ0v) is 7.60. The number of H-pyrrole nitrogens is 1. The molecular weight excluding hydrogens is 184 g/mol. The van der Waals surface area contributed by atoms with E-state index in [1.807, 2.05) is 23.6 Å². The van der Waals surface area contributed by atoms with E-state index in [1.165, 1.54) is 0 Å². The molecule has 0 aromatic carbocycles. The van der Waals surface area contributed by atoms with E-state index in [9.17, 15) is 4.79 Å². The van der Waals surface area contributed by atoms with Crippen LogP contribution in [-0.2, 0) is 0 Å². The van der Waals surface area contributed by atoms with Crippen LogP contribution in [0.1, 0.15) is 10.5 Å². The molecule has 2 aromatic heterocycles. The maximum atomic E-state index is 10.8. The Balaban J connectivity index is 2.39. The second-order valence-electron chi connectivity index (χ2n) is 2.63. The third-order valence-corrected chi connectivity index (χ3v) is 2.64. The average molecular weight is 192 g/mol. The molecular formula is C9H8N2OS. The first-order chi connectivity index (χ1) is 6.27. The molecule has 2 rings (SSSR count). The van der Waals surface area contributed by atoms with Gasteiger partial charge in [0.15, 0.2) is 0 Å². The van der Waals surface area contributed by atoms with Gasteiger partial charge < -0.3 is 10.7 Å². The first-order valence-corrected chi connectivity index (χ1v) is 4.68. The normalized spacial score (nSPS) is 10.2. The van der Waals surface area contributed by atoms with Gasteiger partial charge in [-0.2, -0.15) is 0 Å². The lowest BCUT2D eigenvalue weighted by Gasteiger charge is -1.90. The second kappa shape index (κ2) is 3.06. The highest BCUT2D eigenvalue weighted by molar-refractivity contribution is 7.13. The SMILES string of the molecule is NC(=O)c1ccc(-c2cccs2)[nH]1. The summed E-state index contributed by atoms with van der Waals surface area (Å²) in [6, 6.07) is 7.50. The maximum Gasteiger partial charge on any atom is 0.265 e. The minimum atomic E-state index is -0.428. The Morgan fingerprint density at radius 3 is 2.77 bits per heavy atom. The molecule has 0 aliphatic heterocycles. The van der Waals surface area contributed by atoms with Gasteiger partial charge in [-0.05, 0) is 23.6 Å². The van der Waals surface area contributed by atoms with Gasteiger partial charge >= 0.3 is 0 Å². The van der Waals surface area contributed by atoms with Gasteiger partial charge in [0.1, 0.15) is 5.69 Å². The van der Waals surface area contributed by atoms with Crippen LogP contribution in [0.4, 0.5) is 0 Å². The van der Waals surface area contributed by atoms with Crippen LogP contribution in [0.15, 0.2) is 29.6 Å². The number of rotatable bonds is 2. The van der Waals surface area contributed by atoms with Gasteiger partial charge in [-0.25, -0.2) is 0 Å². The minimum Gasteiger partial charge on any atom is -0.364 e. The standard InChI is InChI=1S/C9H8N2OS/c10-9(12)7-4-3-6(11-7)8-2-1-5-13-8/h1-5,11H,(H2,10,12). The molecule has 66 valence electrons. The van der Waals surface area contributed by atoms with Gasteiger partial charge in [-0.1, -0.05) is 6.07 Å². The third-order valence-electron chi connectivity index (χ3n) is 1.74. The average Bonchev–Trinajstić information content (AvgIpc) is 2.75. The molecule has 13 heavy (non-hydrogen) atoms. The summed E-state index contributed by atoms with van der Waals surface area (Å²) < 4.78 is 0. The monoisotopic (exact) mass is 192 g/mol.